The van der Waals surface area contributed by atoms with Gasteiger partial charge in [0.2, 0.25) is 6.29 Å². The van der Waals surface area contributed by atoms with Crippen molar-refractivity contribution in [1.29, 1.82) is 0 Å². The van der Waals surface area contributed by atoms with Gasteiger partial charge in [0, 0.05) is 6.08 Å². The maximum atomic E-state index is 11.8. The largest absolute Gasteiger partial charge is 0.458 e. The third kappa shape index (κ3) is 5.68. The number of hydrogen-bond acceptors (Lipinski definition) is 3. The van der Waals surface area contributed by atoms with Crippen LogP contribution in [0.5, 0.6) is 0 Å². The van der Waals surface area contributed by atoms with Crippen LogP contribution in [0.3, 0.4) is 0 Å². The van der Waals surface area contributed by atoms with E-state index < -0.39 is 0 Å². The van der Waals surface area contributed by atoms with Crippen LogP contribution in [0.15, 0.2) is 54.1 Å². The van der Waals surface area contributed by atoms with Crippen molar-refractivity contribution in [3.8, 4) is 0 Å². The van der Waals surface area contributed by atoms with Crippen LogP contribution in [0.4, 0.5) is 0 Å². The zero-order valence-corrected chi connectivity index (χ0v) is 12.7. The Kier molecular flexibility index (Phi) is 6.62. The van der Waals surface area contributed by atoms with Gasteiger partial charge in [-0.1, -0.05) is 42.0 Å². The van der Waals surface area contributed by atoms with Crippen LogP contribution < -0.4 is 0 Å². The second kappa shape index (κ2) is 8.98. The van der Waals surface area contributed by atoms with E-state index in [2.05, 4.69) is 0 Å². The fourth-order valence-corrected chi connectivity index (χ4v) is 2.67. The molecule has 1 saturated carbocycles. The molecule has 0 amide bonds. The van der Waals surface area contributed by atoms with Gasteiger partial charge in [0.15, 0.2) is 0 Å². The number of benzene rings is 1. The fraction of sp³-hybridized carbons (Fsp3) is 0.368. The Labute approximate surface area is 131 Å². The monoisotopic (exact) mass is 297 g/mol. The molecule has 1 aliphatic rings. The van der Waals surface area contributed by atoms with Crippen molar-refractivity contribution < 1.29 is 14.3 Å². The van der Waals surface area contributed by atoms with Crippen molar-refractivity contribution in [1.82, 2.24) is 0 Å². The Balaban J connectivity index is 1.73. The molecule has 0 aromatic heterocycles. The van der Waals surface area contributed by atoms with E-state index in [1.807, 2.05) is 36.4 Å². The van der Waals surface area contributed by atoms with Gasteiger partial charge in [-0.3, -0.25) is 4.79 Å². The Morgan fingerprint density at radius 1 is 1.23 bits per heavy atom. The van der Waals surface area contributed by atoms with Crippen molar-refractivity contribution in [3.63, 3.8) is 0 Å². The van der Waals surface area contributed by atoms with Crippen molar-refractivity contribution in [2.45, 2.75) is 38.7 Å². The average Bonchev–Trinajstić information content (AvgIpc) is 2.56. The highest BCUT2D eigenvalue weighted by molar-refractivity contribution is 5.82. The second-order valence-electron chi connectivity index (χ2n) is 5.60. The van der Waals surface area contributed by atoms with Crippen molar-refractivity contribution in [3.05, 3.63) is 59.7 Å². The summed E-state index contributed by atoms with van der Waals surface area (Å²) in [5, 5.41) is 0. The van der Waals surface area contributed by atoms with Gasteiger partial charge in [-0.2, -0.15) is 0 Å². The molecule has 1 aromatic carbocycles. The van der Waals surface area contributed by atoms with Gasteiger partial charge in [-0.25, -0.2) is 4.79 Å². The summed E-state index contributed by atoms with van der Waals surface area (Å²) in [5.41, 5.74) is 2.16. The highest BCUT2D eigenvalue weighted by Crippen LogP contribution is 2.30. The van der Waals surface area contributed by atoms with Gasteiger partial charge in [0.25, 0.3) is 0 Å². The number of allylic oxidation sites excluding steroid dienone is 3. The van der Waals surface area contributed by atoms with E-state index in [4.69, 9.17) is 4.74 Å². The fourth-order valence-electron chi connectivity index (χ4n) is 2.67. The first-order valence-electron chi connectivity index (χ1n) is 7.70. The summed E-state index contributed by atoms with van der Waals surface area (Å²) >= 11 is 0. The molecular formula is C19H21O3. The van der Waals surface area contributed by atoms with Crippen LogP contribution in [-0.4, -0.2) is 12.3 Å². The standard InChI is InChI=1S/C19H21O3/c20-13-5-4-6-16-9-11-17(12-10-16)14-19(21)22-15-18-7-2-1-3-8-18/h1-5,7-8,14,16H,6,9-12,15H2. The molecule has 1 fully saturated rings. The minimum absolute atomic E-state index is 0.257. The summed E-state index contributed by atoms with van der Waals surface area (Å²) in [5.74, 6) is 0.342. The quantitative estimate of drug-likeness (QED) is 0.591. The van der Waals surface area contributed by atoms with E-state index in [0.29, 0.717) is 12.5 Å². The summed E-state index contributed by atoms with van der Waals surface area (Å²) in [6, 6.07) is 9.68. The summed E-state index contributed by atoms with van der Waals surface area (Å²) in [4.78, 5) is 21.9. The second-order valence-corrected chi connectivity index (χ2v) is 5.60. The maximum absolute atomic E-state index is 11.8. The molecule has 115 valence electrons. The average molecular weight is 297 g/mol. The molecule has 0 unspecified atom stereocenters. The summed E-state index contributed by atoms with van der Waals surface area (Å²) < 4.78 is 5.27. The Bertz CT molecular complexity index is 533. The Morgan fingerprint density at radius 3 is 2.64 bits per heavy atom. The number of rotatable bonds is 6. The molecule has 1 aromatic rings. The molecule has 0 heterocycles. The van der Waals surface area contributed by atoms with Crippen LogP contribution in [-0.2, 0) is 20.9 Å². The Morgan fingerprint density at radius 2 is 1.95 bits per heavy atom. The highest BCUT2D eigenvalue weighted by atomic mass is 16.5. The maximum Gasteiger partial charge on any atom is 0.331 e. The summed E-state index contributed by atoms with van der Waals surface area (Å²) in [7, 11) is 0. The molecule has 2 rings (SSSR count). The van der Waals surface area contributed by atoms with Gasteiger partial charge in [-0.15, -0.1) is 0 Å². The molecule has 0 atom stereocenters. The van der Waals surface area contributed by atoms with Gasteiger partial charge >= 0.3 is 5.97 Å². The lowest BCUT2D eigenvalue weighted by Crippen LogP contribution is -2.09. The van der Waals surface area contributed by atoms with E-state index in [-0.39, 0.29) is 5.97 Å². The number of hydrogen-bond donors (Lipinski definition) is 0. The van der Waals surface area contributed by atoms with Crippen molar-refractivity contribution >= 4 is 12.3 Å². The first-order valence-corrected chi connectivity index (χ1v) is 7.70. The van der Waals surface area contributed by atoms with E-state index in [0.717, 1.165) is 37.7 Å². The number of carbonyl (C=O) groups excluding carboxylic acids is 2. The molecular weight excluding hydrogens is 276 g/mol. The molecule has 0 saturated heterocycles. The van der Waals surface area contributed by atoms with Gasteiger partial charge in [-0.05, 0) is 49.7 Å². The molecule has 22 heavy (non-hydrogen) atoms. The van der Waals surface area contributed by atoms with Gasteiger partial charge < -0.3 is 4.74 Å². The molecule has 1 aliphatic carbocycles. The molecule has 0 aliphatic heterocycles. The predicted octanol–water partition coefficient (Wildman–Crippen LogP) is 3.90. The van der Waals surface area contributed by atoms with Gasteiger partial charge in [0.05, 0.1) is 0 Å². The zero-order chi connectivity index (χ0) is 15.6. The van der Waals surface area contributed by atoms with Crippen LogP contribution in [0, 0.1) is 5.92 Å². The van der Waals surface area contributed by atoms with Crippen LogP contribution in [0.2, 0.25) is 0 Å². The van der Waals surface area contributed by atoms with Crippen LogP contribution >= 0.6 is 0 Å². The molecule has 1 radical (unpaired) electrons. The van der Waals surface area contributed by atoms with E-state index in [1.165, 1.54) is 11.6 Å². The minimum Gasteiger partial charge on any atom is -0.458 e. The van der Waals surface area contributed by atoms with E-state index >= 15 is 0 Å². The highest BCUT2D eigenvalue weighted by Gasteiger charge is 2.16. The zero-order valence-electron chi connectivity index (χ0n) is 12.7. The third-order valence-corrected chi connectivity index (χ3v) is 3.95. The number of ether oxygens (including phenoxy) is 1. The van der Waals surface area contributed by atoms with E-state index in [1.54, 1.807) is 12.4 Å². The first kappa shape index (κ1) is 16.2. The lowest BCUT2D eigenvalue weighted by Gasteiger charge is -2.22. The molecule has 0 N–H and O–H groups in total. The van der Waals surface area contributed by atoms with Crippen molar-refractivity contribution in [2.75, 3.05) is 0 Å². The van der Waals surface area contributed by atoms with E-state index in [9.17, 15) is 9.59 Å². The normalized spacial score (nSPS) is 18.2. The molecule has 0 bridgehead atoms. The van der Waals surface area contributed by atoms with Crippen LogP contribution in [0.1, 0.15) is 37.7 Å². The number of carbonyl (C=O) groups is 1. The lowest BCUT2D eigenvalue weighted by molar-refractivity contribution is -0.139. The summed E-state index contributed by atoms with van der Waals surface area (Å²) in [6.45, 7) is 0.319. The van der Waals surface area contributed by atoms with Crippen molar-refractivity contribution in [2.24, 2.45) is 5.92 Å². The molecule has 3 nitrogen and oxygen atoms in total. The SMILES string of the molecule is O=[C]C=CCC1CCC(=CC(=O)OCc2ccccc2)CC1. The number of esters is 1. The Hall–Kier alpha value is -2.16. The first-order chi connectivity index (χ1) is 10.8. The smallest absolute Gasteiger partial charge is 0.331 e. The predicted molar refractivity (Wildman–Crippen MR) is 85.7 cm³/mol. The van der Waals surface area contributed by atoms with Gasteiger partial charge in [0.1, 0.15) is 6.61 Å². The lowest BCUT2D eigenvalue weighted by atomic mass is 9.84. The summed E-state index contributed by atoms with van der Waals surface area (Å²) in [6.07, 6.45) is 11.6. The molecule has 0 spiro atoms. The minimum atomic E-state index is -0.257. The molecule has 3 heteroatoms. The topological polar surface area (TPSA) is 43.4 Å². The van der Waals surface area contributed by atoms with Crippen LogP contribution in [0.25, 0.3) is 0 Å². The third-order valence-electron chi connectivity index (χ3n) is 3.95.